The molecule has 0 spiro atoms. The lowest BCUT2D eigenvalue weighted by Gasteiger charge is -2.33. The van der Waals surface area contributed by atoms with Crippen LogP contribution in [0.15, 0.2) is 24.4 Å². The second kappa shape index (κ2) is 5.56. The van der Waals surface area contributed by atoms with Crippen LogP contribution >= 0.6 is 0 Å². The minimum atomic E-state index is -1.93. The predicted octanol–water partition coefficient (Wildman–Crippen LogP) is 0.532. The number of carbonyl (C=O) groups excluding carboxylic acids is 1. The molecule has 1 N–H and O–H groups in total. The summed E-state index contributed by atoms with van der Waals surface area (Å²) in [6.07, 6.45) is 1.42. The van der Waals surface area contributed by atoms with E-state index in [1.807, 2.05) is 0 Å². The first-order valence-electron chi connectivity index (χ1n) is 5.05. The van der Waals surface area contributed by atoms with Crippen molar-refractivity contribution < 1.29 is 24.3 Å². The molecular weight excluding hydrogens is 240 g/mol. The zero-order valence-electron chi connectivity index (χ0n) is 10.3. The molecule has 1 unspecified atom stereocenters. The summed E-state index contributed by atoms with van der Waals surface area (Å²) < 4.78 is 4.85. The lowest BCUT2D eigenvalue weighted by Crippen LogP contribution is -2.56. The van der Waals surface area contributed by atoms with Gasteiger partial charge in [-0.15, -0.1) is 0 Å². The number of carboxylic acids is 1. The molecule has 1 heterocycles. The van der Waals surface area contributed by atoms with Gasteiger partial charge in [0.15, 0.2) is 0 Å². The van der Waals surface area contributed by atoms with Crippen LogP contribution in [-0.2, 0) is 14.4 Å². The van der Waals surface area contributed by atoms with Crippen LogP contribution in [-0.4, -0.2) is 47.0 Å². The molecule has 0 aliphatic rings. The number of nitrogens with zero attached hydrogens (tertiary/aromatic N) is 2. The Kier molecular flexibility index (Phi) is 4.35. The summed E-state index contributed by atoms with van der Waals surface area (Å²) in [5.41, 5.74) is -1.87. The lowest BCUT2D eigenvalue weighted by molar-refractivity contribution is -0.250. The van der Waals surface area contributed by atoms with Crippen molar-refractivity contribution in [2.45, 2.75) is 12.6 Å². The number of hydroxylamine groups is 2. The van der Waals surface area contributed by atoms with Gasteiger partial charge < -0.3 is 9.84 Å². The second-order valence-electron chi connectivity index (χ2n) is 3.49. The third kappa shape index (κ3) is 2.47. The van der Waals surface area contributed by atoms with E-state index in [0.29, 0.717) is 5.06 Å². The zero-order valence-corrected chi connectivity index (χ0v) is 10.3. The molecule has 98 valence electrons. The molecule has 1 rings (SSSR count). The number of pyridine rings is 1. The zero-order chi connectivity index (χ0) is 13.8. The molecule has 0 aliphatic carbocycles. The topological polar surface area (TPSA) is 89.0 Å². The Morgan fingerprint density at radius 3 is 2.44 bits per heavy atom. The van der Waals surface area contributed by atoms with Crippen molar-refractivity contribution in [3.8, 4) is 0 Å². The van der Waals surface area contributed by atoms with Gasteiger partial charge in [-0.05, 0) is 19.1 Å². The number of aromatic nitrogens is 1. The number of aliphatic carboxylic acids is 1. The van der Waals surface area contributed by atoms with E-state index in [0.717, 1.165) is 0 Å². The number of carbonyl (C=O) groups is 2. The van der Waals surface area contributed by atoms with Gasteiger partial charge in [0.05, 0.1) is 7.11 Å². The molecule has 18 heavy (non-hydrogen) atoms. The van der Waals surface area contributed by atoms with E-state index >= 15 is 0 Å². The minimum Gasteiger partial charge on any atom is -0.478 e. The van der Waals surface area contributed by atoms with Gasteiger partial charge in [-0.2, -0.15) is 5.06 Å². The normalized spacial score (nSPS) is 13.7. The summed E-state index contributed by atoms with van der Waals surface area (Å²) in [5, 5.41) is 9.73. The van der Waals surface area contributed by atoms with Crippen molar-refractivity contribution in [3.63, 3.8) is 0 Å². The van der Waals surface area contributed by atoms with Crippen LogP contribution in [0.1, 0.15) is 17.4 Å². The summed E-state index contributed by atoms with van der Waals surface area (Å²) in [5.74, 6) is -2.05. The molecule has 7 nitrogen and oxygen atoms in total. The molecule has 1 aromatic rings. The highest BCUT2D eigenvalue weighted by Crippen LogP contribution is 2.19. The Balaban J connectivity index is 3.11. The molecule has 0 fully saturated rings. The number of hydrogen-bond acceptors (Lipinski definition) is 5. The van der Waals surface area contributed by atoms with Gasteiger partial charge in [-0.1, -0.05) is 6.07 Å². The number of amides is 1. The summed E-state index contributed by atoms with van der Waals surface area (Å²) >= 11 is 0. The highest BCUT2D eigenvalue weighted by Gasteiger charge is 2.44. The predicted molar refractivity (Wildman–Crippen MR) is 60.5 cm³/mol. The number of ether oxygens (including phenoxy) is 1. The Bertz CT molecular complexity index is 436. The summed E-state index contributed by atoms with van der Waals surface area (Å²) in [7, 11) is 2.35. The number of methoxy groups -OCH3 is 1. The standard InChI is InChI=1S/C11H14N2O5/c1-11(17-2,10(15)16)13(18-3)9(14)8-6-4-5-7-12-8/h4-7H,1-3H3,(H,15,16). The lowest BCUT2D eigenvalue weighted by atomic mass is 10.2. The molecular formula is C11H14N2O5. The largest absolute Gasteiger partial charge is 0.478 e. The van der Waals surface area contributed by atoms with E-state index in [2.05, 4.69) is 4.98 Å². The van der Waals surface area contributed by atoms with Crippen LogP contribution in [0.5, 0.6) is 0 Å². The number of carboxylic acid groups (broad SMARTS) is 1. The molecule has 7 heteroatoms. The molecule has 0 saturated carbocycles. The summed E-state index contributed by atoms with van der Waals surface area (Å²) in [4.78, 5) is 31.9. The van der Waals surface area contributed by atoms with Crippen molar-refractivity contribution in [1.82, 2.24) is 10.0 Å². The quantitative estimate of drug-likeness (QED) is 0.609. The fraction of sp³-hybridized carbons (Fsp3) is 0.364. The molecule has 0 bridgehead atoms. The minimum absolute atomic E-state index is 0.0591. The first-order chi connectivity index (χ1) is 8.47. The van der Waals surface area contributed by atoms with Gasteiger partial charge in [0.25, 0.3) is 11.6 Å². The molecule has 0 radical (unpaired) electrons. The van der Waals surface area contributed by atoms with Gasteiger partial charge in [0.2, 0.25) is 0 Å². The highest BCUT2D eigenvalue weighted by atomic mass is 16.7. The van der Waals surface area contributed by atoms with Crippen LogP contribution in [0.2, 0.25) is 0 Å². The van der Waals surface area contributed by atoms with Crippen LogP contribution in [0.4, 0.5) is 0 Å². The first kappa shape index (κ1) is 14.1. The van der Waals surface area contributed by atoms with E-state index < -0.39 is 17.6 Å². The van der Waals surface area contributed by atoms with Crippen LogP contribution < -0.4 is 0 Å². The monoisotopic (exact) mass is 254 g/mol. The van der Waals surface area contributed by atoms with Crippen LogP contribution in [0.25, 0.3) is 0 Å². The van der Waals surface area contributed by atoms with Crippen molar-refractivity contribution >= 4 is 11.9 Å². The summed E-state index contributed by atoms with van der Waals surface area (Å²) in [6.45, 7) is 1.21. The Morgan fingerprint density at radius 2 is 2.06 bits per heavy atom. The Labute approximate surface area is 104 Å². The first-order valence-corrected chi connectivity index (χ1v) is 5.05. The van der Waals surface area contributed by atoms with Gasteiger partial charge in [0, 0.05) is 13.3 Å². The van der Waals surface area contributed by atoms with Crippen LogP contribution in [0.3, 0.4) is 0 Å². The number of rotatable bonds is 5. The van der Waals surface area contributed by atoms with Crippen molar-refractivity contribution in [2.24, 2.45) is 0 Å². The van der Waals surface area contributed by atoms with E-state index in [4.69, 9.17) is 14.7 Å². The van der Waals surface area contributed by atoms with Gasteiger partial charge in [-0.3, -0.25) is 14.6 Å². The van der Waals surface area contributed by atoms with Crippen molar-refractivity contribution in [3.05, 3.63) is 30.1 Å². The summed E-state index contributed by atoms with van der Waals surface area (Å²) in [6, 6.07) is 4.70. The SMILES string of the molecule is CON(C(=O)c1ccccn1)C(C)(OC)C(=O)O. The highest BCUT2D eigenvalue weighted by molar-refractivity contribution is 5.94. The molecule has 1 aromatic heterocycles. The van der Waals surface area contributed by atoms with Crippen molar-refractivity contribution in [1.29, 1.82) is 0 Å². The fourth-order valence-electron chi connectivity index (χ4n) is 1.30. The van der Waals surface area contributed by atoms with Gasteiger partial charge in [0.1, 0.15) is 5.69 Å². The Morgan fingerprint density at radius 1 is 1.39 bits per heavy atom. The Hall–Kier alpha value is -1.99. The maximum atomic E-state index is 12.1. The third-order valence-corrected chi connectivity index (χ3v) is 2.43. The fourth-order valence-corrected chi connectivity index (χ4v) is 1.30. The molecule has 0 saturated heterocycles. The van der Waals surface area contributed by atoms with Gasteiger partial charge >= 0.3 is 5.97 Å². The average molecular weight is 254 g/mol. The number of hydrogen-bond donors (Lipinski definition) is 1. The molecule has 0 aromatic carbocycles. The van der Waals surface area contributed by atoms with E-state index in [1.165, 1.54) is 33.4 Å². The van der Waals surface area contributed by atoms with Crippen LogP contribution in [0, 0.1) is 0 Å². The van der Waals surface area contributed by atoms with E-state index in [1.54, 1.807) is 12.1 Å². The average Bonchev–Trinajstić information content (AvgIpc) is 2.39. The molecule has 0 aliphatic heterocycles. The maximum Gasteiger partial charge on any atom is 0.359 e. The third-order valence-electron chi connectivity index (χ3n) is 2.43. The molecule has 1 amide bonds. The molecule has 1 atom stereocenters. The maximum absolute atomic E-state index is 12.1. The smallest absolute Gasteiger partial charge is 0.359 e. The van der Waals surface area contributed by atoms with E-state index in [-0.39, 0.29) is 5.69 Å². The van der Waals surface area contributed by atoms with Gasteiger partial charge in [-0.25, -0.2) is 4.79 Å². The van der Waals surface area contributed by atoms with E-state index in [9.17, 15) is 9.59 Å². The van der Waals surface area contributed by atoms with Crippen molar-refractivity contribution in [2.75, 3.05) is 14.2 Å². The second-order valence-corrected chi connectivity index (χ2v) is 3.49.